The Balaban J connectivity index is 1.43. The van der Waals surface area contributed by atoms with Gasteiger partial charge in [-0.05, 0) is 43.4 Å². The van der Waals surface area contributed by atoms with E-state index in [1.165, 1.54) is 6.42 Å². The van der Waals surface area contributed by atoms with Crippen LogP contribution in [0.4, 0.5) is 5.82 Å². The number of hydrogen-bond donors (Lipinski definition) is 2. The summed E-state index contributed by atoms with van der Waals surface area (Å²) in [6.07, 6.45) is 10.8. The van der Waals surface area contributed by atoms with Gasteiger partial charge in [-0.15, -0.1) is 0 Å². The normalized spacial score (nSPS) is 25.0. The van der Waals surface area contributed by atoms with Crippen LogP contribution in [-0.2, 0) is 4.79 Å². The second kappa shape index (κ2) is 7.14. The van der Waals surface area contributed by atoms with Crippen molar-refractivity contribution in [3.63, 3.8) is 0 Å². The Hall–Kier alpha value is -2.51. The number of piperidine rings is 1. The monoisotopic (exact) mass is 396 g/mol. The van der Waals surface area contributed by atoms with E-state index in [1.54, 1.807) is 12.4 Å². The number of nitrogens with one attached hydrogen (secondary N) is 2. The van der Waals surface area contributed by atoms with Gasteiger partial charge in [0.25, 0.3) is 0 Å². The molecule has 2 aliphatic rings. The molecule has 5 rings (SSSR count). The largest absolute Gasteiger partial charge is 0.354 e. The van der Waals surface area contributed by atoms with Crippen LogP contribution in [0.2, 0.25) is 5.15 Å². The molecular weight excluding hydrogens is 376 g/mol. The number of hydrogen-bond acceptors (Lipinski definition) is 6. The second-order valence-corrected chi connectivity index (χ2v) is 7.90. The highest BCUT2D eigenvalue weighted by Gasteiger charge is 2.44. The topological polar surface area (TPSA) is 86.8 Å². The third-order valence-corrected chi connectivity index (χ3v) is 5.87. The minimum Gasteiger partial charge on any atom is -0.354 e. The molecule has 3 atom stereocenters. The number of likely N-dealkylation sites (tertiary alicyclic amines) is 1. The van der Waals surface area contributed by atoms with Crippen LogP contribution in [0, 0.1) is 5.92 Å². The van der Waals surface area contributed by atoms with Crippen molar-refractivity contribution in [2.24, 2.45) is 5.92 Å². The Morgan fingerprint density at radius 2 is 2.14 bits per heavy atom. The third kappa shape index (κ3) is 3.25. The number of carbonyl (C=O) groups excluding carboxylic acids is 1. The molecule has 4 heterocycles. The molecular formula is C20H21ClN6O. The Labute approximate surface area is 167 Å². The molecule has 0 spiro atoms. The molecule has 1 aliphatic carbocycles. The Morgan fingerprint density at radius 1 is 1.25 bits per heavy atom. The van der Waals surface area contributed by atoms with Crippen LogP contribution in [0.1, 0.15) is 25.7 Å². The van der Waals surface area contributed by atoms with Crippen LogP contribution in [-0.4, -0.2) is 49.9 Å². The molecule has 0 bridgehead atoms. The number of aromatic nitrogens is 4. The van der Waals surface area contributed by atoms with Crippen LogP contribution in [0.5, 0.6) is 0 Å². The van der Waals surface area contributed by atoms with Crippen molar-refractivity contribution in [3.05, 3.63) is 35.9 Å². The van der Waals surface area contributed by atoms with E-state index in [1.807, 2.05) is 18.3 Å². The summed E-state index contributed by atoms with van der Waals surface area (Å²) in [6, 6.07) is 4.20. The van der Waals surface area contributed by atoms with Crippen LogP contribution < -0.4 is 5.32 Å². The zero-order valence-corrected chi connectivity index (χ0v) is 16.1. The molecule has 3 aromatic heterocycles. The predicted octanol–water partition coefficient (Wildman–Crippen LogP) is 3.48. The molecule has 1 saturated carbocycles. The van der Waals surface area contributed by atoms with Crippen molar-refractivity contribution in [2.45, 2.75) is 37.9 Å². The van der Waals surface area contributed by atoms with Gasteiger partial charge >= 0.3 is 0 Å². The number of anilines is 1. The lowest BCUT2D eigenvalue weighted by Crippen LogP contribution is -2.46. The van der Waals surface area contributed by atoms with Gasteiger partial charge in [0, 0.05) is 42.7 Å². The molecule has 0 aromatic carbocycles. The zero-order chi connectivity index (χ0) is 19.1. The van der Waals surface area contributed by atoms with Crippen molar-refractivity contribution in [3.8, 4) is 11.1 Å². The van der Waals surface area contributed by atoms with Crippen molar-refractivity contribution < 1.29 is 4.79 Å². The van der Waals surface area contributed by atoms with Gasteiger partial charge in [0.05, 0.1) is 6.17 Å². The fourth-order valence-corrected chi connectivity index (χ4v) is 4.41. The molecule has 28 heavy (non-hydrogen) atoms. The summed E-state index contributed by atoms with van der Waals surface area (Å²) in [5.41, 5.74) is 3.43. The summed E-state index contributed by atoms with van der Waals surface area (Å²) >= 11 is 6.34. The lowest BCUT2D eigenvalue weighted by Gasteiger charge is -2.36. The van der Waals surface area contributed by atoms with Crippen molar-refractivity contribution >= 4 is 34.9 Å². The molecule has 8 heteroatoms. The molecule has 0 amide bonds. The fraction of sp³-hybridized carbons (Fsp3) is 0.400. The van der Waals surface area contributed by atoms with E-state index in [9.17, 15) is 4.79 Å². The minimum absolute atomic E-state index is 0.172. The maximum Gasteiger partial charge on any atom is 0.156 e. The summed E-state index contributed by atoms with van der Waals surface area (Å²) in [7, 11) is 0. The number of pyridine rings is 1. The molecule has 0 radical (unpaired) electrons. The van der Waals surface area contributed by atoms with Crippen molar-refractivity contribution in [1.29, 1.82) is 0 Å². The molecule has 2 fully saturated rings. The molecule has 2 N–H and O–H groups in total. The quantitative estimate of drug-likeness (QED) is 0.507. The first-order chi connectivity index (χ1) is 13.7. The minimum atomic E-state index is 0.172. The Morgan fingerprint density at radius 3 is 3.00 bits per heavy atom. The number of aromatic amines is 1. The van der Waals surface area contributed by atoms with Crippen LogP contribution in [0.25, 0.3) is 22.3 Å². The van der Waals surface area contributed by atoms with Crippen molar-refractivity contribution in [2.75, 3.05) is 11.9 Å². The second-order valence-electron chi connectivity index (χ2n) is 7.52. The highest BCUT2D eigenvalue weighted by Crippen LogP contribution is 2.38. The van der Waals surface area contributed by atoms with E-state index in [0.29, 0.717) is 11.2 Å². The Bertz CT molecular complexity index is 1020. The smallest absolute Gasteiger partial charge is 0.156 e. The van der Waals surface area contributed by atoms with Crippen LogP contribution in [0.15, 0.2) is 30.7 Å². The number of carbonyl (C=O) groups is 1. The first-order valence-corrected chi connectivity index (χ1v) is 10.0. The maximum absolute atomic E-state index is 11.1. The van der Waals surface area contributed by atoms with Gasteiger partial charge in [-0.3, -0.25) is 9.88 Å². The Kier molecular flexibility index (Phi) is 4.49. The molecule has 144 valence electrons. The lowest BCUT2D eigenvalue weighted by atomic mass is 10.1. The lowest BCUT2D eigenvalue weighted by molar-refractivity contribution is -0.109. The molecule has 7 nitrogen and oxygen atoms in total. The number of rotatable bonds is 5. The number of halogens is 1. The van der Waals surface area contributed by atoms with E-state index in [2.05, 4.69) is 30.2 Å². The average molecular weight is 397 g/mol. The predicted molar refractivity (Wildman–Crippen MR) is 108 cm³/mol. The summed E-state index contributed by atoms with van der Waals surface area (Å²) in [5.74, 6) is 0.913. The first kappa shape index (κ1) is 17.6. The number of H-pyrrole nitrogens is 1. The first-order valence-electron chi connectivity index (χ1n) is 9.66. The number of fused-ring (bicyclic) bond motifs is 1. The van der Waals surface area contributed by atoms with E-state index in [0.717, 1.165) is 60.2 Å². The molecule has 1 saturated heterocycles. The highest BCUT2D eigenvalue weighted by molar-refractivity contribution is 6.29. The zero-order valence-electron chi connectivity index (χ0n) is 15.3. The maximum atomic E-state index is 11.1. The van der Waals surface area contributed by atoms with Crippen LogP contribution >= 0.6 is 11.6 Å². The third-order valence-electron chi connectivity index (χ3n) is 5.68. The summed E-state index contributed by atoms with van der Waals surface area (Å²) in [4.78, 5) is 29.9. The van der Waals surface area contributed by atoms with Gasteiger partial charge in [0.1, 0.15) is 22.8 Å². The number of aldehydes is 1. The van der Waals surface area contributed by atoms with E-state index < -0.39 is 0 Å². The summed E-state index contributed by atoms with van der Waals surface area (Å²) in [6.45, 7) is 1.01. The van der Waals surface area contributed by atoms with Gasteiger partial charge in [-0.2, -0.15) is 0 Å². The molecule has 3 unspecified atom stereocenters. The van der Waals surface area contributed by atoms with Gasteiger partial charge in [0.2, 0.25) is 0 Å². The van der Waals surface area contributed by atoms with E-state index in [4.69, 9.17) is 11.6 Å². The van der Waals surface area contributed by atoms with Crippen molar-refractivity contribution in [1.82, 2.24) is 24.8 Å². The van der Waals surface area contributed by atoms with Gasteiger partial charge < -0.3 is 15.1 Å². The highest BCUT2D eigenvalue weighted by atomic mass is 35.5. The molecule has 1 aliphatic heterocycles. The van der Waals surface area contributed by atoms with Gasteiger partial charge in [-0.1, -0.05) is 11.6 Å². The van der Waals surface area contributed by atoms with Gasteiger partial charge in [0.15, 0.2) is 5.65 Å². The summed E-state index contributed by atoms with van der Waals surface area (Å²) < 4.78 is 0. The van der Waals surface area contributed by atoms with Crippen LogP contribution in [0.3, 0.4) is 0 Å². The fourth-order valence-electron chi connectivity index (χ4n) is 4.20. The summed E-state index contributed by atoms with van der Waals surface area (Å²) in [5, 5.41) is 3.98. The number of nitrogens with zero attached hydrogens (tertiary/aromatic N) is 4. The SMILES string of the molecule is O=CC1CC1N1CCCCC1Nc1cc(-c2c[nH]c3nccnc23)cc(Cl)n1. The average Bonchev–Trinajstić information content (AvgIpc) is 3.37. The van der Waals surface area contributed by atoms with Gasteiger partial charge in [-0.25, -0.2) is 9.97 Å². The van der Waals surface area contributed by atoms with E-state index in [-0.39, 0.29) is 12.1 Å². The molecule has 3 aromatic rings. The standard InChI is InChI=1S/C20H21ClN6O/c21-16-8-12(14-10-24-20-19(14)22-4-5-23-20)9-17(25-16)26-18-3-1-2-6-27(18)15-7-13(15)11-28/h4-5,8-11,13,15,18H,1-3,6-7H2,(H,23,24)(H,25,26). The van der Waals surface area contributed by atoms with E-state index >= 15 is 0 Å².